The van der Waals surface area contributed by atoms with Crippen molar-refractivity contribution in [2.24, 2.45) is 0 Å². The van der Waals surface area contributed by atoms with Gasteiger partial charge in [0, 0.05) is 18.3 Å². The van der Waals surface area contributed by atoms with Crippen molar-refractivity contribution in [3.63, 3.8) is 0 Å². The summed E-state index contributed by atoms with van der Waals surface area (Å²) in [6, 6.07) is 14.8. The lowest BCUT2D eigenvalue weighted by Gasteiger charge is -2.08. The van der Waals surface area contributed by atoms with Crippen molar-refractivity contribution >= 4 is 5.69 Å². The summed E-state index contributed by atoms with van der Waals surface area (Å²) < 4.78 is 18.1. The molecule has 0 aliphatic rings. The zero-order chi connectivity index (χ0) is 12.1. The van der Waals surface area contributed by atoms with Crippen LogP contribution in [0.1, 0.15) is 5.56 Å². The molecule has 2 aromatic rings. The van der Waals surface area contributed by atoms with E-state index >= 15 is 0 Å². The summed E-state index contributed by atoms with van der Waals surface area (Å²) in [6.07, 6.45) is 0. The number of anilines is 1. The molecule has 0 amide bonds. The highest BCUT2D eigenvalue weighted by atomic mass is 19.1. The summed E-state index contributed by atoms with van der Waals surface area (Å²) in [5.74, 6) is -0.0965. The Balaban J connectivity index is 2.04. The molecular formula is C14H14FNO. The fourth-order valence-electron chi connectivity index (χ4n) is 1.57. The molecule has 0 fully saturated rings. The zero-order valence-corrected chi connectivity index (χ0v) is 9.61. The molecule has 0 aliphatic carbocycles. The van der Waals surface area contributed by atoms with Crippen LogP contribution >= 0.6 is 0 Å². The van der Waals surface area contributed by atoms with Crippen LogP contribution in [0.15, 0.2) is 48.5 Å². The van der Waals surface area contributed by atoms with E-state index in [1.165, 1.54) is 18.7 Å². The Labute approximate surface area is 100 Å². The van der Waals surface area contributed by atoms with E-state index in [9.17, 15) is 4.39 Å². The molecule has 2 rings (SSSR count). The van der Waals surface area contributed by atoms with Gasteiger partial charge in [-0.25, -0.2) is 4.39 Å². The quantitative estimate of drug-likeness (QED) is 0.870. The minimum absolute atomic E-state index is 0.253. The van der Waals surface area contributed by atoms with Gasteiger partial charge in [-0.05, 0) is 17.7 Å². The fraction of sp³-hybridized carbons (Fsp3) is 0.143. The molecule has 0 heterocycles. The fourth-order valence-corrected chi connectivity index (χ4v) is 1.57. The Morgan fingerprint density at radius 1 is 1.12 bits per heavy atom. The van der Waals surface area contributed by atoms with Crippen molar-refractivity contribution in [1.82, 2.24) is 0 Å². The SMILES string of the molecule is COc1cc(NCc2ccccc2)ccc1F. The second kappa shape index (κ2) is 5.34. The minimum Gasteiger partial charge on any atom is -0.494 e. The van der Waals surface area contributed by atoms with Crippen LogP contribution in [0.4, 0.5) is 10.1 Å². The third kappa shape index (κ3) is 2.97. The lowest BCUT2D eigenvalue weighted by Crippen LogP contribution is -1.99. The molecule has 0 radical (unpaired) electrons. The van der Waals surface area contributed by atoms with Gasteiger partial charge in [0.15, 0.2) is 11.6 Å². The summed E-state index contributed by atoms with van der Waals surface area (Å²) in [5, 5.41) is 3.22. The number of ether oxygens (including phenoxy) is 1. The van der Waals surface area contributed by atoms with Crippen LogP contribution in [0.5, 0.6) is 5.75 Å². The molecule has 1 N–H and O–H groups in total. The Morgan fingerprint density at radius 2 is 1.88 bits per heavy atom. The number of rotatable bonds is 4. The number of halogens is 1. The van der Waals surface area contributed by atoms with E-state index in [4.69, 9.17) is 4.74 Å². The van der Waals surface area contributed by atoms with Crippen LogP contribution in [-0.4, -0.2) is 7.11 Å². The standard InChI is InChI=1S/C14H14FNO/c1-17-14-9-12(7-8-13(14)15)16-10-11-5-3-2-4-6-11/h2-9,16H,10H2,1H3. The molecular weight excluding hydrogens is 217 g/mol. The highest BCUT2D eigenvalue weighted by molar-refractivity contribution is 5.49. The van der Waals surface area contributed by atoms with E-state index in [-0.39, 0.29) is 11.6 Å². The van der Waals surface area contributed by atoms with Gasteiger partial charge < -0.3 is 10.1 Å². The Morgan fingerprint density at radius 3 is 2.59 bits per heavy atom. The topological polar surface area (TPSA) is 21.3 Å². The third-order valence-electron chi connectivity index (χ3n) is 2.49. The smallest absolute Gasteiger partial charge is 0.165 e. The number of hydrogen-bond acceptors (Lipinski definition) is 2. The number of methoxy groups -OCH3 is 1. The van der Waals surface area contributed by atoms with Crippen LogP contribution in [-0.2, 0) is 6.54 Å². The molecule has 0 atom stereocenters. The molecule has 0 aliphatic heterocycles. The molecule has 0 unspecified atom stereocenters. The average Bonchev–Trinajstić information content (AvgIpc) is 2.39. The second-order valence-corrected chi connectivity index (χ2v) is 3.69. The Kier molecular flexibility index (Phi) is 3.60. The Bertz CT molecular complexity index is 485. The van der Waals surface area contributed by atoms with Crippen molar-refractivity contribution in [2.45, 2.75) is 6.54 Å². The predicted molar refractivity (Wildman–Crippen MR) is 66.7 cm³/mol. The second-order valence-electron chi connectivity index (χ2n) is 3.69. The first-order chi connectivity index (χ1) is 8.29. The maximum atomic E-state index is 13.2. The number of hydrogen-bond donors (Lipinski definition) is 1. The molecule has 2 aromatic carbocycles. The average molecular weight is 231 g/mol. The molecule has 2 nitrogen and oxygen atoms in total. The van der Waals surface area contributed by atoms with Crippen LogP contribution < -0.4 is 10.1 Å². The maximum Gasteiger partial charge on any atom is 0.165 e. The van der Waals surface area contributed by atoms with Gasteiger partial charge in [-0.2, -0.15) is 0 Å². The monoisotopic (exact) mass is 231 g/mol. The summed E-state index contributed by atoms with van der Waals surface area (Å²) in [4.78, 5) is 0. The van der Waals surface area contributed by atoms with E-state index in [1.807, 2.05) is 30.3 Å². The molecule has 0 aromatic heterocycles. The molecule has 17 heavy (non-hydrogen) atoms. The predicted octanol–water partition coefficient (Wildman–Crippen LogP) is 3.45. The van der Waals surface area contributed by atoms with Crippen LogP contribution in [0.2, 0.25) is 0 Å². The summed E-state index contributed by atoms with van der Waals surface area (Å²) in [5.41, 5.74) is 2.02. The Hall–Kier alpha value is -2.03. The van der Waals surface area contributed by atoms with Gasteiger partial charge in [0.25, 0.3) is 0 Å². The molecule has 0 saturated carbocycles. The van der Waals surface area contributed by atoms with E-state index < -0.39 is 0 Å². The lowest BCUT2D eigenvalue weighted by atomic mass is 10.2. The van der Waals surface area contributed by atoms with Crippen molar-refractivity contribution in [1.29, 1.82) is 0 Å². The van der Waals surface area contributed by atoms with Crippen LogP contribution in [0, 0.1) is 5.82 Å². The van der Waals surface area contributed by atoms with Gasteiger partial charge in [0.05, 0.1) is 7.11 Å². The first-order valence-electron chi connectivity index (χ1n) is 5.41. The minimum atomic E-state index is -0.349. The highest BCUT2D eigenvalue weighted by Gasteiger charge is 2.02. The van der Waals surface area contributed by atoms with Crippen molar-refractivity contribution in [3.05, 3.63) is 59.9 Å². The first kappa shape index (κ1) is 11.5. The number of nitrogens with one attached hydrogen (secondary N) is 1. The lowest BCUT2D eigenvalue weighted by molar-refractivity contribution is 0.387. The van der Waals surface area contributed by atoms with Gasteiger partial charge in [-0.15, -0.1) is 0 Å². The van der Waals surface area contributed by atoms with Gasteiger partial charge in [0.2, 0.25) is 0 Å². The first-order valence-corrected chi connectivity index (χ1v) is 5.41. The van der Waals surface area contributed by atoms with E-state index in [1.54, 1.807) is 12.1 Å². The van der Waals surface area contributed by atoms with Crippen molar-refractivity contribution < 1.29 is 9.13 Å². The summed E-state index contributed by atoms with van der Waals surface area (Å²) in [7, 11) is 1.46. The normalized spacial score (nSPS) is 10.0. The van der Waals surface area contributed by atoms with Crippen LogP contribution in [0.3, 0.4) is 0 Å². The molecule has 0 saturated heterocycles. The summed E-state index contributed by atoms with van der Waals surface area (Å²) >= 11 is 0. The molecule has 3 heteroatoms. The van der Waals surface area contributed by atoms with Gasteiger partial charge >= 0.3 is 0 Å². The van der Waals surface area contributed by atoms with Crippen molar-refractivity contribution in [2.75, 3.05) is 12.4 Å². The van der Waals surface area contributed by atoms with E-state index in [0.717, 1.165) is 5.69 Å². The van der Waals surface area contributed by atoms with Crippen LogP contribution in [0.25, 0.3) is 0 Å². The molecule has 88 valence electrons. The molecule has 0 spiro atoms. The van der Waals surface area contributed by atoms with Gasteiger partial charge in [0.1, 0.15) is 0 Å². The van der Waals surface area contributed by atoms with E-state index in [0.29, 0.717) is 6.54 Å². The highest BCUT2D eigenvalue weighted by Crippen LogP contribution is 2.21. The zero-order valence-electron chi connectivity index (χ0n) is 9.61. The molecule has 0 bridgehead atoms. The number of benzene rings is 2. The van der Waals surface area contributed by atoms with Gasteiger partial charge in [-0.1, -0.05) is 30.3 Å². The third-order valence-corrected chi connectivity index (χ3v) is 2.49. The maximum absolute atomic E-state index is 13.2. The van der Waals surface area contributed by atoms with E-state index in [2.05, 4.69) is 5.32 Å². The summed E-state index contributed by atoms with van der Waals surface area (Å²) in [6.45, 7) is 0.704. The largest absolute Gasteiger partial charge is 0.494 e. The van der Waals surface area contributed by atoms with Crippen molar-refractivity contribution in [3.8, 4) is 5.75 Å². The van der Waals surface area contributed by atoms with Gasteiger partial charge in [-0.3, -0.25) is 0 Å².